The number of hydrogen-bond acceptors (Lipinski definition) is 6. The second kappa shape index (κ2) is 6.66. The molecule has 0 aliphatic rings. The van der Waals surface area contributed by atoms with E-state index in [9.17, 15) is 14.9 Å². The smallest absolute Gasteiger partial charge is 0.340 e. The van der Waals surface area contributed by atoms with Crippen LogP contribution in [0.15, 0.2) is 23.0 Å². The normalized spacial score (nSPS) is 10.5. The second-order valence-electron chi connectivity index (χ2n) is 4.33. The highest BCUT2D eigenvalue weighted by Gasteiger charge is 2.10. The van der Waals surface area contributed by atoms with Gasteiger partial charge in [-0.3, -0.25) is 15.1 Å². The molecule has 2 aromatic rings. The average molecular weight is 293 g/mol. The van der Waals surface area contributed by atoms with Crippen LogP contribution in [0, 0.1) is 10.1 Å². The Morgan fingerprint density at radius 1 is 1.48 bits per heavy atom. The summed E-state index contributed by atoms with van der Waals surface area (Å²) in [6.45, 7) is 0.790. The van der Waals surface area contributed by atoms with Gasteiger partial charge in [-0.2, -0.15) is 5.10 Å². The summed E-state index contributed by atoms with van der Waals surface area (Å²) in [7, 11) is 1.52. The van der Waals surface area contributed by atoms with Crippen molar-refractivity contribution in [1.29, 1.82) is 0 Å². The van der Waals surface area contributed by atoms with Crippen molar-refractivity contribution in [2.24, 2.45) is 0 Å². The van der Waals surface area contributed by atoms with Crippen molar-refractivity contribution in [3.8, 4) is 0 Å². The molecule has 0 radical (unpaired) electrons. The Morgan fingerprint density at radius 2 is 2.29 bits per heavy atom. The van der Waals surface area contributed by atoms with Gasteiger partial charge >= 0.3 is 5.69 Å². The van der Waals surface area contributed by atoms with Crippen LogP contribution in [0.25, 0.3) is 0 Å². The molecule has 1 heterocycles. The zero-order valence-electron chi connectivity index (χ0n) is 11.4. The van der Waals surface area contributed by atoms with Gasteiger partial charge in [-0.15, -0.1) is 0 Å². The molecule has 112 valence electrons. The molecule has 0 saturated carbocycles. The van der Waals surface area contributed by atoms with Gasteiger partial charge in [0.2, 0.25) is 0 Å². The van der Waals surface area contributed by atoms with Gasteiger partial charge in [0.25, 0.3) is 5.69 Å². The van der Waals surface area contributed by atoms with E-state index < -0.39 is 4.92 Å². The van der Waals surface area contributed by atoms with E-state index in [1.165, 1.54) is 19.2 Å². The highest BCUT2D eigenvalue weighted by Crippen LogP contribution is 2.22. The van der Waals surface area contributed by atoms with Gasteiger partial charge in [0.05, 0.1) is 11.5 Å². The van der Waals surface area contributed by atoms with E-state index in [1.54, 1.807) is 6.07 Å². The van der Waals surface area contributed by atoms with Crippen molar-refractivity contribution >= 4 is 11.4 Å². The number of aromatic nitrogens is 3. The summed E-state index contributed by atoms with van der Waals surface area (Å²) in [6.07, 6.45) is 0.516. The monoisotopic (exact) mass is 293 g/mol. The zero-order chi connectivity index (χ0) is 15.2. The van der Waals surface area contributed by atoms with Gasteiger partial charge in [0.15, 0.2) is 0 Å². The van der Waals surface area contributed by atoms with Crippen LogP contribution in [0.2, 0.25) is 0 Å². The number of nitro benzene ring substituents is 1. The van der Waals surface area contributed by atoms with Gasteiger partial charge in [-0.05, 0) is 6.07 Å². The first-order chi connectivity index (χ1) is 10.1. The van der Waals surface area contributed by atoms with Crippen molar-refractivity contribution in [1.82, 2.24) is 15.2 Å². The summed E-state index contributed by atoms with van der Waals surface area (Å²) in [5.74, 6) is 0.544. The first-order valence-electron chi connectivity index (χ1n) is 6.24. The number of rotatable bonds is 7. The van der Waals surface area contributed by atoms with Crippen molar-refractivity contribution < 1.29 is 9.66 Å². The number of benzene rings is 1. The van der Waals surface area contributed by atoms with Crippen LogP contribution in [0.1, 0.15) is 11.4 Å². The van der Waals surface area contributed by atoms with Gasteiger partial charge < -0.3 is 10.1 Å². The summed E-state index contributed by atoms with van der Waals surface area (Å²) in [6, 6.07) is 4.54. The lowest BCUT2D eigenvalue weighted by Crippen LogP contribution is -2.09. The number of hydrogen-bond donors (Lipinski definition) is 3. The maximum absolute atomic E-state index is 10.9. The van der Waals surface area contributed by atoms with Crippen molar-refractivity contribution in [2.45, 2.75) is 13.0 Å². The lowest BCUT2D eigenvalue weighted by Gasteiger charge is -2.10. The first-order valence-corrected chi connectivity index (χ1v) is 6.24. The Kier molecular flexibility index (Phi) is 4.67. The Labute approximate surface area is 119 Å². The highest BCUT2D eigenvalue weighted by molar-refractivity contribution is 5.55. The molecule has 9 heteroatoms. The summed E-state index contributed by atoms with van der Waals surface area (Å²) in [5.41, 5.74) is 1.12. The van der Waals surface area contributed by atoms with Crippen LogP contribution in [0.5, 0.6) is 0 Å². The molecule has 3 N–H and O–H groups in total. The third kappa shape index (κ3) is 3.89. The third-order valence-electron chi connectivity index (χ3n) is 2.83. The molecule has 0 aliphatic carbocycles. The Balaban J connectivity index is 2.04. The Morgan fingerprint density at radius 3 is 2.90 bits per heavy atom. The molecule has 0 atom stereocenters. The van der Waals surface area contributed by atoms with Crippen LogP contribution in [0.3, 0.4) is 0 Å². The molecule has 21 heavy (non-hydrogen) atoms. The van der Waals surface area contributed by atoms with E-state index in [0.29, 0.717) is 24.4 Å². The van der Waals surface area contributed by atoms with E-state index in [1.807, 2.05) is 0 Å². The Hall–Kier alpha value is -2.68. The number of anilines is 1. The summed E-state index contributed by atoms with van der Waals surface area (Å²) < 4.78 is 5.04. The number of methoxy groups -OCH3 is 1. The molecule has 0 unspecified atom stereocenters. The molecule has 1 aromatic heterocycles. The number of H-pyrrole nitrogens is 2. The fourth-order valence-electron chi connectivity index (χ4n) is 1.88. The summed E-state index contributed by atoms with van der Waals surface area (Å²) >= 11 is 0. The molecule has 0 spiro atoms. The molecule has 0 bridgehead atoms. The maximum Gasteiger partial charge on any atom is 0.340 e. The fourth-order valence-corrected chi connectivity index (χ4v) is 1.88. The SMILES string of the molecule is COCc1cc([N+](=O)[O-])ccc1NCCc1n[nH]c(=O)[nH]1. The highest BCUT2D eigenvalue weighted by atomic mass is 16.6. The van der Waals surface area contributed by atoms with Crippen molar-refractivity contribution in [2.75, 3.05) is 19.0 Å². The number of aromatic amines is 2. The standard InChI is InChI=1S/C12H15N5O4/c1-21-7-8-6-9(17(19)20)2-3-10(8)13-5-4-11-14-12(18)16-15-11/h2-3,6,13H,4-5,7H2,1H3,(H2,14,15,16,18). The van der Waals surface area contributed by atoms with Crippen LogP contribution >= 0.6 is 0 Å². The number of nitrogens with zero attached hydrogens (tertiary/aromatic N) is 2. The van der Waals surface area contributed by atoms with Crippen LogP contribution in [-0.4, -0.2) is 33.8 Å². The minimum absolute atomic E-state index is 0.0178. The molecule has 2 rings (SSSR count). The van der Waals surface area contributed by atoms with Gasteiger partial charge in [0.1, 0.15) is 5.82 Å². The van der Waals surface area contributed by atoms with Gasteiger partial charge in [-0.1, -0.05) is 0 Å². The van der Waals surface area contributed by atoms with Crippen molar-refractivity contribution in [3.05, 3.63) is 50.2 Å². The summed E-state index contributed by atoms with van der Waals surface area (Å²) in [4.78, 5) is 23.8. The van der Waals surface area contributed by atoms with Crippen LogP contribution < -0.4 is 11.0 Å². The number of nitro groups is 1. The largest absolute Gasteiger partial charge is 0.384 e. The van der Waals surface area contributed by atoms with Crippen LogP contribution in [-0.2, 0) is 17.8 Å². The molecule has 9 nitrogen and oxygen atoms in total. The van der Waals surface area contributed by atoms with Crippen molar-refractivity contribution in [3.63, 3.8) is 0 Å². The number of non-ortho nitro benzene ring substituents is 1. The van der Waals surface area contributed by atoms with Gasteiger partial charge in [-0.25, -0.2) is 9.89 Å². The molecule has 0 aliphatic heterocycles. The van der Waals surface area contributed by atoms with E-state index in [2.05, 4.69) is 20.5 Å². The van der Waals surface area contributed by atoms with E-state index >= 15 is 0 Å². The third-order valence-corrected chi connectivity index (χ3v) is 2.83. The minimum Gasteiger partial charge on any atom is -0.384 e. The van der Waals surface area contributed by atoms with E-state index in [4.69, 9.17) is 4.74 Å². The zero-order valence-corrected chi connectivity index (χ0v) is 11.4. The predicted molar refractivity (Wildman–Crippen MR) is 75.2 cm³/mol. The quantitative estimate of drug-likeness (QED) is 0.512. The van der Waals surface area contributed by atoms with E-state index in [0.717, 1.165) is 5.69 Å². The topological polar surface area (TPSA) is 126 Å². The second-order valence-corrected chi connectivity index (χ2v) is 4.33. The number of nitrogens with one attached hydrogen (secondary N) is 3. The Bertz CT molecular complexity index is 678. The predicted octanol–water partition coefficient (Wildman–Crippen LogP) is 0.807. The lowest BCUT2D eigenvalue weighted by molar-refractivity contribution is -0.384. The lowest BCUT2D eigenvalue weighted by atomic mass is 10.1. The molecule has 0 fully saturated rings. The molecular weight excluding hydrogens is 278 g/mol. The van der Waals surface area contributed by atoms with E-state index in [-0.39, 0.29) is 18.0 Å². The minimum atomic E-state index is -0.447. The summed E-state index contributed by atoms with van der Waals surface area (Å²) in [5, 5.41) is 20.0. The maximum atomic E-state index is 10.9. The number of ether oxygens (including phenoxy) is 1. The first kappa shape index (κ1) is 14.7. The van der Waals surface area contributed by atoms with Crippen LogP contribution in [0.4, 0.5) is 11.4 Å². The molecule has 0 amide bonds. The average Bonchev–Trinajstić information content (AvgIpc) is 2.86. The molecule has 0 saturated heterocycles. The fraction of sp³-hybridized carbons (Fsp3) is 0.333. The van der Waals surface area contributed by atoms with Gasteiger partial charge in [0, 0.05) is 43.5 Å². The molecular formula is C12H15N5O4. The molecule has 1 aromatic carbocycles.